The summed E-state index contributed by atoms with van der Waals surface area (Å²) < 4.78 is 5.83. The van der Waals surface area contributed by atoms with Gasteiger partial charge in [0.1, 0.15) is 11.3 Å². The van der Waals surface area contributed by atoms with Crippen molar-refractivity contribution in [3.63, 3.8) is 0 Å². The average molecular weight is 336 g/mol. The van der Waals surface area contributed by atoms with Crippen molar-refractivity contribution < 1.29 is 9.21 Å². The summed E-state index contributed by atoms with van der Waals surface area (Å²) >= 11 is 0. The van der Waals surface area contributed by atoms with E-state index < -0.39 is 0 Å². The minimum atomic E-state index is -0.212. The Labute approximate surface area is 148 Å². The van der Waals surface area contributed by atoms with Crippen molar-refractivity contribution in [2.24, 2.45) is 5.92 Å². The molecule has 0 saturated heterocycles. The van der Waals surface area contributed by atoms with Crippen LogP contribution in [0.4, 0.5) is 4.79 Å². The first-order chi connectivity index (χ1) is 12.0. The van der Waals surface area contributed by atoms with E-state index in [9.17, 15) is 4.79 Å². The summed E-state index contributed by atoms with van der Waals surface area (Å²) in [5, 5.41) is 7.08. The fourth-order valence-electron chi connectivity index (χ4n) is 2.96. The van der Waals surface area contributed by atoms with Gasteiger partial charge in [-0.2, -0.15) is 0 Å². The van der Waals surface area contributed by atoms with Crippen LogP contribution in [0.1, 0.15) is 44.2 Å². The van der Waals surface area contributed by atoms with Gasteiger partial charge in [-0.15, -0.1) is 0 Å². The van der Waals surface area contributed by atoms with Crippen molar-refractivity contribution in [1.29, 1.82) is 0 Å². The summed E-state index contributed by atoms with van der Waals surface area (Å²) in [5.74, 6) is 1.03. The molecule has 0 aliphatic rings. The Morgan fingerprint density at radius 3 is 2.28 bits per heavy atom. The molecule has 0 unspecified atom stereocenters. The van der Waals surface area contributed by atoms with Crippen LogP contribution in [0.5, 0.6) is 0 Å². The van der Waals surface area contributed by atoms with Gasteiger partial charge in [0.25, 0.3) is 0 Å². The summed E-state index contributed by atoms with van der Waals surface area (Å²) in [5.41, 5.74) is 1.93. The highest BCUT2D eigenvalue weighted by molar-refractivity contribution is 5.78. The molecule has 0 saturated carbocycles. The maximum atomic E-state index is 12.5. The molecule has 3 aromatic rings. The number of carbonyl (C=O) groups excluding carboxylic acids is 1. The van der Waals surface area contributed by atoms with Crippen molar-refractivity contribution >= 4 is 17.0 Å². The van der Waals surface area contributed by atoms with Crippen LogP contribution in [-0.2, 0) is 0 Å². The van der Waals surface area contributed by atoms with Gasteiger partial charge in [-0.3, -0.25) is 0 Å². The summed E-state index contributed by atoms with van der Waals surface area (Å²) in [7, 11) is 0. The Balaban J connectivity index is 1.68. The molecule has 25 heavy (non-hydrogen) atoms. The number of para-hydroxylation sites is 1. The molecule has 1 heterocycles. The predicted molar refractivity (Wildman–Crippen MR) is 100 cm³/mol. The number of hydrogen-bond donors (Lipinski definition) is 2. The topological polar surface area (TPSA) is 54.3 Å². The molecule has 2 N–H and O–H groups in total. The molecule has 0 fully saturated rings. The third kappa shape index (κ3) is 4.02. The lowest BCUT2D eigenvalue weighted by molar-refractivity contribution is 0.228. The van der Waals surface area contributed by atoms with Crippen LogP contribution >= 0.6 is 0 Å². The number of rotatable bonds is 5. The molecule has 4 nitrogen and oxygen atoms in total. The van der Waals surface area contributed by atoms with E-state index in [1.807, 2.05) is 67.6 Å². The fraction of sp³-hybridized carbons (Fsp3) is 0.286. The summed E-state index contributed by atoms with van der Waals surface area (Å²) in [4.78, 5) is 12.5. The fourth-order valence-corrected chi connectivity index (χ4v) is 2.96. The zero-order valence-electron chi connectivity index (χ0n) is 14.8. The zero-order chi connectivity index (χ0) is 17.8. The van der Waals surface area contributed by atoms with Crippen LogP contribution in [0, 0.1) is 5.92 Å². The van der Waals surface area contributed by atoms with E-state index in [1.54, 1.807) is 0 Å². The van der Waals surface area contributed by atoms with Gasteiger partial charge in [-0.05, 0) is 30.5 Å². The predicted octanol–water partition coefficient (Wildman–Crippen LogP) is 5.19. The monoisotopic (exact) mass is 336 g/mol. The van der Waals surface area contributed by atoms with Gasteiger partial charge >= 0.3 is 6.03 Å². The van der Waals surface area contributed by atoms with E-state index in [2.05, 4.69) is 24.5 Å². The minimum Gasteiger partial charge on any atom is -0.459 e. The number of amides is 2. The molecule has 130 valence electrons. The van der Waals surface area contributed by atoms with Gasteiger partial charge in [-0.1, -0.05) is 62.4 Å². The van der Waals surface area contributed by atoms with Crippen molar-refractivity contribution in [2.45, 2.75) is 32.9 Å². The number of fused-ring (bicyclic) bond motifs is 1. The Kier molecular flexibility index (Phi) is 5.08. The van der Waals surface area contributed by atoms with E-state index in [4.69, 9.17) is 4.42 Å². The van der Waals surface area contributed by atoms with Crippen molar-refractivity contribution in [2.75, 3.05) is 0 Å². The van der Waals surface area contributed by atoms with E-state index in [-0.39, 0.29) is 24.0 Å². The van der Waals surface area contributed by atoms with Gasteiger partial charge in [-0.25, -0.2) is 4.79 Å². The molecule has 2 atom stereocenters. The lowest BCUT2D eigenvalue weighted by Crippen LogP contribution is -2.40. The Hall–Kier alpha value is -2.75. The number of hydrogen-bond acceptors (Lipinski definition) is 2. The Bertz CT molecular complexity index is 806. The molecule has 0 spiro atoms. The van der Waals surface area contributed by atoms with Gasteiger partial charge in [0.05, 0.1) is 12.1 Å². The van der Waals surface area contributed by atoms with E-state index >= 15 is 0 Å². The third-order valence-electron chi connectivity index (χ3n) is 4.33. The number of urea groups is 1. The van der Waals surface area contributed by atoms with Crippen molar-refractivity contribution in [3.8, 4) is 0 Å². The molecule has 0 bridgehead atoms. The Morgan fingerprint density at radius 1 is 0.920 bits per heavy atom. The summed E-state index contributed by atoms with van der Waals surface area (Å²) in [6, 6.07) is 19.4. The molecule has 2 amide bonds. The highest BCUT2D eigenvalue weighted by Crippen LogP contribution is 2.24. The largest absolute Gasteiger partial charge is 0.459 e. The lowest BCUT2D eigenvalue weighted by Gasteiger charge is -2.24. The SMILES string of the molecule is CC(C)[C@H](NC(=O)N[C@@H](C)c1cc2ccccc2o1)c1ccccc1. The summed E-state index contributed by atoms with van der Waals surface area (Å²) in [6.45, 7) is 6.12. The molecule has 0 aliphatic carbocycles. The quantitative estimate of drug-likeness (QED) is 0.673. The van der Waals surface area contributed by atoms with Crippen LogP contribution < -0.4 is 10.6 Å². The first-order valence-electron chi connectivity index (χ1n) is 8.65. The Morgan fingerprint density at radius 2 is 1.60 bits per heavy atom. The van der Waals surface area contributed by atoms with Crippen LogP contribution in [-0.4, -0.2) is 6.03 Å². The summed E-state index contributed by atoms with van der Waals surface area (Å²) in [6.07, 6.45) is 0. The number of furan rings is 1. The molecule has 1 aromatic heterocycles. The van der Waals surface area contributed by atoms with Gasteiger partial charge in [0.2, 0.25) is 0 Å². The standard InChI is InChI=1S/C21H24N2O2/c1-14(2)20(16-9-5-4-6-10-16)23-21(24)22-15(3)19-13-17-11-7-8-12-18(17)25-19/h4-15,20H,1-3H3,(H2,22,23,24)/t15-,20-/m0/s1. The van der Waals surface area contributed by atoms with Crippen LogP contribution in [0.3, 0.4) is 0 Å². The first kappa shape index (κ1) is 17.1. The molecule has 0 aliphatic heterocycles. The maximum Gasteiger partial charge on any atom is 0.315 e. The number of nitrogens with one attached hydrogen (secondary N) is 2. The van der Waals surface area contributed by atoms with E-state index in [0.29, 0.717) is 0 Å². The second-order valence-corrected chi connectivity index (χ2v) is 6.66. The smallest absolute Gasteiger partial charge is 0.315 e. The van der Waals surface area contributed by atoms with Gasteiger partial charge in [0.15, 0.2) is 0 Å². The number of carbonyl (C=O) groups is 1. The highest BCUT2D eigenvalue weighted by Gasteiger charge is 2.20. The molecule has 2 aromatic carbocycles. The van der Waals surface area contributed by atoms with Gasteiger partial charge in [0, 0.05) is 5.39 Å². The highest BCUT2D eigenvalue weighted by atomic mass is 16.3. The van der Waals surface area contributed by atoms with E-state index in [0.717, 1.165) is 22.3 Å². The van der Waals surface area contributed by atoms with Crippen LogP contribution in [0.2, 0.25) is 0 Å². The second kappa shape index (κ2) is 7.43. The zero-order valence-corrected chi connectivity index (χ0v) is 14.8. The molecule has 4 heteroatoms. The maximum absolute atomic E-state index is 12.5. The molecular formula is C21H24N2O2. The van der Waals surface area contributed by atoms with Crippen LogP contribution in [0.15, 0.2) is 65.1 Å². The molecular weight excluding hydrogens is 312 g/mol. The van der Waals surface area contributed by atoms with Crippen molar-refractivity contribution in [3.05, 3.63) is 72.0 Å². The minimum absolute atomic E-state index is 0.0379. The average Bonchev–Trinajstić information content (AvgIpc) is 3.04. The van der Waals surface area contributed by atoms with Gasteiger partial charge < -0.3 is 15.1 Å². The normalized spacial score (nSPS) is 13.6. The van der Waals surface area contributed by atoms with Crippen molar-refractivity contribution in [1.82, 2.24) is 10.6 Å². The second-order valence-electron chi connectivity index (χ2n) is 6.66. The number of benzene rings is 2. The van der Waals surface area contributed by atoms with E-state index in [1.165, 1.54) is 0 Å². The van der Waals surface area contributed by atoms with Crippen LogP contribution in [0.25, 0.3) is 11.0 Å². The lowest BCUT2D eigenvalue weighted by atomic mass is 9.96. The molecule has 0 radical (unpaired) electrons. The first-order valence-corrected chi connectivity index (χ1v) is 8.65. The molecule has 3 rings (SSSR count). The third-order valence-corrected chi connectivity index (χ3v) is 4.33.